The van der Waals surface area contributed by atoms with Gasteiger partial charge in [-0.1, -0.05) is 294 Å². The minimum atomic E-state index is -1.98. The van der Waals surface area contributed by atoms with Gasteiger partial charge >= 0.3 is 0 Å². The average Bonchev–Trinajstić information content (AvgIpc) is 0.795. The Morgan fingerprint density at radius 1 is 0.371 bits per heavy atom. The molecule has 0 aromatic heterocycles. The van der Waals surface area contributed by atoms with Crippen LogP contribution in [0.5, 0.6) is 0 Å². The molecule has 3 heterocycles. The number of aliphatic hydroxyl groups excluding tert-OH is 11. The minimum absolute atomic E-state index is 0.228. The first-order chi connectivity index (χ1) is 47.3. The molecule has 0 aromatic rings. The second kappa shape index (κ2) is 59.2. The average molecular weight is 1380 g/mol. The lowest BCUT2D eigenvalue weighted by atomic mass is 9.96. The third-order valence-corrected chi connectivity index (χ3v) is 19.6. The van der Waals surface area contributed by atoms with Gasteiger partial charge in [-0.2, -0.15) is 0 Å². The van der Waals surface area contributed by atoms with E-state index in [1.165, 1.54) is 199 Å². The normalized spacial score (nSPS) is 27.1. The number of hydrogen-bond donors (Lipinski definition) is 12. The summed E-state index contributed by atoms with van der Waals surface area (Å²) in [4.78, 5) is 13.4. The van der Waals surface area contributed by atoms with Crippen molar-refractivity contribution < 1.29 is 89.4 Å². The topological polar surface area (TPSA) is 307 Å². The summed E-state index contributed by atoms with van der Waals surface area (Å²) in [6, 6.07) is -0.983. The fraction of sp³-hybridized carbons (Fsp3) is 0.885. The molecular formula is C78H143NO18. The molecule has 568 valence electrons. The predicted octanol–water partition coefficient (Wildman–Crippen LogP) is 12.5. The quantitative estimate of drug-likeness (QED) is 0.0199. The molecule has 19 heteroatoms. The summed E-state index contributed by atoms with van der Waals surface area (Å²) in [5.74, 6) is -0.286. The number of ether oxygens (including phenoxy) is 6. The highest BCUT2D eigenvalue weighted by atomic mass is 16.8. The maximum atomic E-state index is 13.4. The molecule has 0 saturated carbocycles. The molecule has 1 amide bonds. The lowest BCUT2D eigenvalue weighted by Crippen LogP contribution is -2.66. The largest absolute Gasteiger partial charge is 0.394 e. The Balaban J connectivity index is 1.37. The number of allylic oxidation sites excluding steroid dienone is 7. The van der Waals surface area contributed by atoms with E-state index in [1.807, 2.05) is 6.08 Å². The van der Waals surface area contributed by atoms with Crippen molar-refractivity contribution in [3.8, 4) is 0 Å². The first-order valence-electron chi connectivity index (χ1n) is 39.4. The number of rotatable bonds is 62. The van der Waals surface area contributed by atoms with Crippen molar-refractivity contribution in [3.63, 3.8) is 0 Å². The fourth-order valence-electron chi connectivity index (χ4n) is 13.3. The number of unbranched alkanes of at least 4 members (excludes halogenated alkanes) is 40. The first-order valence-corrected chi connectivity index (χ1v) is 39.4. The van der Waals surface area contributed by atoms with Crippen LogP contribution in [0.15, 0.2) is 48.6 Å². The lowest BCUT2D eigenvalue weighted by Gasteiger charge is -2.48. The Morgan fingerprint density at radius 2 is 0.680 bits per heavy atom. The van der Waals surface area contributed by atoms with Gasteiger partial charge in [-0.3, -0.25) is 4.79 Å². The van der Waals surface area contributed by atoms with Crippen molar-refractivity contribution in [2.75, 3.05) is 26.4 Å². The van der Waals surface area contributed by atoms with E-state index in [4.69, 9.17) is 28.4 Å². The molecule has 97 heavy (non-hydrogen) atoms. The van der Waals surface area contributed by atoms with Crippen molar-refractivity contribution in [2.45, 2.75) is 413 Å². The molecule has 12 N–H and O–H groups in total. The molecule has 3 rings (SSSR count). The number of nitrogens with one attached hydrogen (secondary N) is 1. The number of carbonyl (C=O) groups is 1. The molecule has 0 radical (unpaired) electrons. The molecule has 3 saturated heterocycles. The Labute approximate surface area is 586 Å². The van der Waals surface area contributed by atoms with Gasteiger partial charge in [-0.15, -0.1) is 0 Å². The molecule has 0 aliphatic carbocycles. The summed E-state index contributed by atoms with van der Waals surface area (Å²) in [6.07, 6.45) is 46.8. The zero-order valence-corrected chi connectivity index (χ0v) is 60.6. The van der Waals surface area contributed by atoms with Crippen LogP contribution in [0.2, 0.25) is 0 Å². The van der Waals surface area contributed by atoms with Gasteiger partial charge in [0.1, 0.15) is 73.2 Å². The molecule has 3 aliphatic rings. The molecular weight excluding hydrogens is 1240 g/mol. The minimum Gasteiger partial charge on any atom is -0.394 e. The summed E-state index contributed by atoms with van der Waals surface area (Å²) in [5.41, 5.74) is 0. The SMILES string of the molecule is CCCCC/C=C\C/C=C\C/C=C\CCCCCCCCC(=O)NC(COC1OC(CO)C(OC2OC(CO)C(OC3OC(CO)C(O)C(O)C3O)C(O)C2O)C(O)C1O)C(O)/C=C/CCCCCCCCCCCCCCCCCCCCCCCCCCCCCCCCC. The van der Waals surface area contributed by atoms with Gasteiger partial charge in [0, 0.05) is 6.42 Å². The second-order valence-electron chi connectivity index (χ2n) is 28.2. The van der Waals surface area contributed by atoms with E-state index in [0.29, 0.717) is 6.42 Å². The van der Waals surface area contributed by atoms with E-state index in [0.717, 1.165) is 83.5 Å². The van der Waals surface area contributed by atoms with Gasteiger partial charge in [0.05, 0.1) is 38.6 Å². The molecule has 0 aromatic carbocycles. The fourth-order valence-corrected chi connectivity index (χ4v) is 13.3. The van der Waals surface area contributed by atoms with Crippen LogP contribution < -0.4 is 5.32 Å². The van der Waals surface area contributed by atoms with Crippen molar-refractivity contribution in [1.82, 2.24) is 5.32 Å². The maximum absolute atomic E-state index is 13.4. The third-order valence-electron chi connectivity index (χ3n) is 19.6. The second-order valence-corrected chi connectivity index (χ2v) is 28.2. The summed E-state index contributed by atoms with van der Waals surface area (Å²) >= 11 is 0. The van der Waals surface area contributed by atoms with Crippen LogP contribution in [-0.2, 0) is 33.2 Å². The van der Waals surface area contributed by atoms with Crippen molar-refractivity contribution in [2.24, 2.45) is 0 Å². The van der Waals surface area contributed by atoms with E-state index < -0.39 is 124 Å². The lowest BCUT2D eigenvalue weighted by molar-refractivity contribution is -0.379. The van der Waals surface area contributed by atoms with E-state index in [1.54, 1.807) is 6.08 Å². The van der Waals surface area contributed by atoms with Gasteiger partial charge in [0.2, 0.25) is 5.91 Å². The summed E-state index contributed by atoms with van der Waals surface area (Å²) in [7, 11) is 0. The van der Waals surface area contributed by atoms with Crippen molar-refractivity contribution in [3.05, 3.63) is 48.6 Å². The van der Waals surface area contributed by atoms with Gasteiger partial charge in [0.15, 0.2) is 18.9 Å². The van der Waals surface area contributed by atoms with Crippen molar-refractivity contribution in [1.29, 1.82) is 0 Å². The predicted molar refractivity (Wildman–Crippen MR) is 383 cm³/mol. The molecule has 0 spiro atoms. The number of amides is 1. The monoisotopic (exact) mass is 1380 g/mol. The van der Waals surface area contributed by atoms with E-state index >= 15 is 0 Å². The molecule has 17 atom stereocenters. The molecule has 0 bridgehead atoms. The van der Waals surface area contributed by atoms with Gasteiger partial charge < -0.3 is 89.9 Å². The van der Waals surface area contributed by atoms with E-state index in [-0.39, 0.29) is 18.9 Å². The van der Waals surface area contributed by atoms with Crippen LogP contribution in [0.3, 0.4) is 0 Å². The van der Waals surface area contributed by atoms with Crippen LogP contribution in [0.4, 0.5) is 0 Å². The Hall–Kier alpha value is -2.25. The molecule has 19 nitrogen and oxygen atoms in total. The standard InChI is InChI=1S/C78H143NO18/c1-3-5-7-9-11-13-15-17-19-21-23-24-25-26-27-28-29-30-31-32-33-34-35-36-38-39-41-43-45-47-49-51-53-55-62(83)61(79-66(84)56-54-52-50-48-46-44-42-40-37-22-20-18-16-14-12-10-8-6-4-2)60-92-76-72(90)69(87)74(64(58-81)94-76)97-78-73(91)70(88)75(65(59-82)95-78)96-77-71(89)68(86)67(85)63(57-80)93-77/h12,14,18,20,37,40,53,55,61-65,67-78,80-83,85-91H,3-11,13,15-17,19,21-36,38-39,41-52,54,56-60H2,1-2H3,(H,79,84)/b14-12-,20-18-,40-37-,55-53+. The summed E-state index contributed by atoms with van der Waals surface area (Å²) in [6.45, 7) is 1.73. The zero-order valence-electron chi connectivity index (χ0n) is 60.6. The third kappa shape index (κ3) is 39.8. The highest BCUT2D eigenvalue weighted by molar-refractivity contribution is 5.76. The van der Waals surface area contributed by atoms with Gasteiger partial charge in [-0.25, -0.2) is 0 Å². The van der Waals surface area contributed by atoms with E-state index in [9.17, 15) is 61.0 Å². The molecule has 17 unspecified atom stereocenters. The number of aliphatic hydroxyl groups is 11. The molecule has 3 aliphatic heterocycles. The zero-order chi connectivity index (χ0) is 70.4. The Bertz CT molecular complexity index is 1940. The van der Waals surface area contributed by atoms with Gasteiger partial charge in [-0.05, 0) is 57.8 Å². The van der Waals surface area contributed by atoms with E-state index in [2.05, 4.69) is 55.6 Å². The summed E-state index contributed by atoms with van der Waals surface area (Å²) in [5, 5.41) is 121. The molecule has 3 fully saturated rings. The number of carbonyl (C=O) groups excluding carboxylic acids is 1. The maximum Gasteiger partial charge on any atom is 0.220 e. The van der Waals surface area contributed by atoms with Crippen LogP contribution in [0.25, 0.3) is 0 Å². The van der Waals surface area contributed by atoms with Crippen LogP contribution in [0, 0.1) is 0 Å². The van der Waals surface area contributed by atoms with Crippen LogP contribution in [0.1, 0.15) is 309 Å². The first kappa shape index (κ1) is 89.0. The Morgan fingerprint density at radius 3 is 1.08 bits per heavy atom. The van der Waals surface area contributed by atoms with Crippen LogP contribution in [-0.4, -0.2) is 193 Å². The summed E-state index contributed by atoms with van der Waals surface area (Å²) < 4.78 is 34.4. The van der Waals surface area contributed by atoms with Crippen LogP contribution >= 0.6 is 0 Å². The highest BCUT2D eigenvalue weighted by Crippen LogP contribution is 2.33. The van der Waals surface area contributed by atoms with Gasteiger partial charge in [0.25, 0.3) is 0 Å². The smallest absolute Gasteiger partial charge is 0.220 e. The number of hydrogen-bond acceptors (Lipinski definition) is 18. The van der Waals surface area contributed by atoms with Crippen molar-refractivity contribution >= 4 is 5.91 Å². The Kier molecular flexibility index (Phi) is 54.3. The highest BCUT2D eigenvalue weighted by Gasteiger charge is 2.53.